The van der Waals surface area contributed by atoms with Gasteiger partial charge in [-0.2, -0.15) is 0 Å². The van der Waals surface area contributed by atoms with Gasteiger partial charge in [0.15, 0.2) is 0 Å². The standard InChI is InChI=1S/C18H26N2O3/c1-2-3-12-23-17(21)13-14-4-6-16(7-5-14)20-10-8-15(9-11-20)18(19)22/h4-7,15H,2-3,8-13H2,1H3,(H2,19,22). The largest absolute Gasteiger partial charge is 0.465 e. The van der Waals surface area contributed by atoms with Gasteiger partial charge in [-0.05, 0) is 37.0 Å². The van der Waals surface area contributed by atoms with Gasteiger partial charge in [0.25, 0.3) is 0 Å². The Morgan fingerprint density at radius 2 is 1.87 bits per heavy atom. The number of benzene rings is 1. The molecular formula is C18H26N2O3. The lowest BCUT2D eigenvalue weighted by atomic mass is 9.96. The Kier molecular flexibility index (Phi) is 6.44. The van der Waals surface area contributed by atoms with Crippen molar-refractivity contribution in [2.75, 3.05) is 24.6 Å². The summed E-state index contributed by atoms with van der Waals surface area (Å²) in [5, 5.41) is 0. The maximum Gasteiger partial charge on any atom is 0.310 e. The smallest absolute Gasteiger partial charge is 0.310 e. The number of unbranched alkanes of at least 4 members (excludes halogenated alkanes) is 1. The van der Waals surface area contributed by atoms with E-state index >= 15 is 0 Å². The fraction of sp³-hybridized carbons (Fsp3) is 0.556. The average Bonchev–Trinajstić information content (AvgIpc) is 2.56. The van der Waals surface area contributed by atoms with Crippen molar-refractivity contribution >= 4 is 17.6 Å². The highest BCUT2D eigenvalue weighted by Crippen LogP contribution is 2.23. The van der Waals surface area contributed by atoms with Crippen molar-refractivity contribution in [3.63, 3.8) is 0 Å². The van der Waals surface area contributed by atoms with Gasteiger partial charge in [-0.15, -0.1) is 0 Å². The number of carbonyl (C=O) groups is 2. The lowest BCUT2D eigenvalue weighted by Gasteiger charge is -2.32. The van der Waals surface area contributed by atoms with Crippen LogP contribution in [0.2, 0.25) is 0 Å². The van der Waals surface area contributed by atoms with E-state index in [0.29, 0.717) is 13.0 Å². The van der Waals surface area contributed by atoms with Gasteiger partial charge in [0.2, 0.25) is 5.91 Å². The molecule has 5 heteroatoms. The molecular weight excluding hydrogens is 292 g/mol. The summed E-state index contributed by atoms with van der Waals surface area (Å²) < 4.78 is 5.17. The second-order valence-electron chi connectivity index (χ2n) is 6.08. The van der Waals surface area contributed by atoms with Crippen molar-refractivity contribution in [3.05, 3.63) is 29.8 Å². The molecule has 0 saturated carbocycles. The van der Waals surface area contributed by atoms with Crippen LogP contribution in [-0.2, 0) is 20.7 Å². The van der Waals surface area contributed by atoms with Gasteiger partial charge in [0.05, 0.1) is 13.0 Å². The van der Waals surface area contributed by atoms with Crippen molar-refractivity contribution in [1.29, 1.82) is 0 Å². The van der Waals surface area contributed by atoms with E-state index in [1.165, 1.54) is 0 Å². The van der Waals surface area contributed by atoms with Crippen LogP contribution in [0.5, 0.6) is 0 Å². The first kappa shape index (κ1) is 17.3. The molecule has 2 N–H and O–H groups in total. The van der Waals surface area contributed by atoms with Gasteiger partial charge in [0, 0.05) is 24.7 Å². The molecule has 0 aliphatic carbocycles. The van der Waals surface area contributed by atoms with Crippen LogP contribution in [0.3, 0.4) is 0 Å². The molecule has 0 unspecified atom stereocenters. The van der Waals surface area contributed by atoms with Gasteiger partial charge < -0.3 is 15.4 Å². The lowest BCUT2D eigenvalue weighted by molar-refractivity contribution is -0.142. The highest BCUT2D eigenvalue weighted by molar-refractivity contribution is 5.77. The van der Waals surface area contributed by atoms with Crippen LogP contribution in [-0.4, -0.2) is 31.6 Å². The molecule has 1 aliphatic rings. The summed E-state index contributed by atoms with van der Waals surface area (Å²) in [5.74, 6) is -0.363. The first-order valence-electron chi connectivity index (χ1n) is 8.39. The number of amides is 1. The summed E-state index contributed by atoms with van der Waals surface area (Å²) in [5.41, 5.74) is 7.44. The summed E-state index contributed by atoms with van der Waals surface area (Å²) in [6.45, 7) is 4.25. The Morgan fingerprint density at radius 1 is 1.22 bits per heavy atom. The van der Waals surface area contributed by atoms with Crippen molar-refractivity contribution in [2.24, 2.45) is 11.7 Å². The zero-order valence-electron chi connectivity index (χ0n) is 13.8. The minimum Gasteiger partial charge on any atom is -0.465 e. The highest BCUT2D eigenvalue weighted by atomic mass is 16.5. The topological polar surface area (TPSA) is 72.6 Å². The number of carbonyl (C=O) groups excluding carboxylic acids is 2. The number of anilines is 1. The van der Waals surface area contributed by atoms with E-state index in [9.17, 15) is 9.59 Å². The third-order valence-corrected chi connectivity index (χ3v) is 4.31. The van der Waals surface area contributed by atoms with Crippen LogP contribution >= 0.6 is 0 Å². The van der Waals surface area contributed by atoms with E-state index in [-0.39, 0.29) is 17.8 Å². The molecule has 5 nitrogen and oxygen atoms in total. The van der Waals surface area contributed by atoms with Crippen LogP contribution < -0.4 is 10.6 Å². The van der Waals surface area contributed by atoms with E-state index in [2.05, 4.69) is 11.8 Å². The first-order chi connectivity index (χ1) is 11.1. The fourth-order valence-electron chi connectivity index (χ4n) is 2.79. The minimum absolute atomic E-state index is 0.00316. The average molecular weight is 318 g/mol. The van der Waals surface area contributed by atoms with Crippen molar-refractivity contribution < 1.29 is 14.3 Å². The molecule has 1 aromatic carbocycles. The number of piperidine rings is 1. The fourth-order valence-corrected chi connectivity index (χ4v) is 2.79. The number of primary amides is 1. The van der Waals surface area contributed by atoms with Crippen LogP contribution in [0.1, 0.15) is 38.2 Å². The predicted molar refractivity (Wildman–Crippen MR) is 90.1 cm³/mol. The van der Waals surface area contributed by atoms with Crippen molar-refractivity contribution in [3.8, 4) is 0 Å². The number of ether oxygens (including phenoxy) is 1. The molecule has 23 heavy (non-hydrogen) atoms. The minimum atomic E-state index is -0.193. The summed E-state index contributed by atoms with van der Waals surface area (Å²) in [6.07, 6.45) is 3.86. The molecule has 1 heterocycles. The quantitative estimate of drug-likeness (QED) is 0.618. The summed E-state index contributed by atoms with van der Waals surface area (Å²) in [4.78, 5) is 25.1. The second-order valence-corrected chi connectivity index (χ2v) is 6.08. The predicted octanol–water partition coefficient (Wildman–Crippen LogP) is 2.27. The van der Waals surface area contributed by atoms with Crippen molar-refractivity contribution in [1.82, 2.24) is 0 Å². The Morgan fingerprint density at radius 3 is 2.43 bits per heavy atom. The van der Waals surface area contributed by atoms with Crippen molar-refractivity contribution in [2.45, 2.75) is 39.0 Å². The molecule has 1 amide bonds. The molecule has 0 radical (unpaired) electrons. The van der Waals surface area contributed by atoms with Crippen LogP contribution in [0.15, 0.2) is 24.3 Å². The number of hydrogen-bond donors (Lipinski definition) is 1. The molecule has 1 saturated heterocycles. The molecule has 126 valence electrons. The highest BCUT2D eigenvalue weighted by Gasteiger charge is 2.23. The molecule has 0 spiro atoms. The number of rotatable bonds is 7. The van der Waals surface area contributed by atoms with E-state index in [1.54, 1.807) is 0 Å². The zero-order chi connectivity index (χ0) is 16.7. The van der Waals surface area contributed by atoms with Gasteiger partial charge in [-0.25, -0.2) is 0 Å². The normalized spacial score (nSPS) is 15.4. The Labute approximate surface area is 137 Å². The van der Waals surface area contributed by atoms with Crippen LogP contribution in [0, 0.1) is 5.92 Å². The molecule has 1 aromatic rings. The Hall–Kier alpha value is -2.04. The van der Waals surface area contributed by atoms with E-state index < -0.39 is 0 Å². The van der Waals surface area contributed by atoms with Gasteiger partial charge in [0.1, 0.15) is 0 Å². The molecule has 0 bridgehead atoms. The first-order valence-corrected chi connectivity index (χ1v) is 8.39. The number of nitrogens with zero attached hydrogens (tertiary/aromatic N) is 1. The summed E-state index contributed by atoms with van der Waals surface area (Å²) >= 11 is 0. The van der Waals surface area contributed by atoms with Gasteiger partial charge in [-0.3, -0.25) is 9.59 Å². The maximum atomic E-state index is 11.7. The lowest BCUT2D eigenvalue weighted by Crippen LogP contribution is -2.38. The van der Waals surface area contributed by atoms with Crippen LogP contribution in [0.25, 0.3) is 0 Å². The van der Waals surface area contributed by atoms with E-state index in [4.69, 9.17) is 10.5 Å². The monoisotopic (exact) mass is 318 g/mol. The summed E-state index contributed by atoms with van der Waals surface area (Å²) in [6, 6.07) is 7.99. The Bertz CT molecular complexity index is 520. The second kappa shape index (κ2) is 8.56. The third kappa shape index (κ3) is 5.27. The van der Waals surface area contributed by atoms with Crippen LogP contribution in [0.4, 0.5) is 5.69 Å². The third-order valence-electron chi connectivity index (χ3n) is 4.31. The molecule has 2 rings (SSSR count). The molecule has 1 aliphatic heterocycles. The number of nitrogens with two attached hydrogens (primary N) is 1. The number of hydrogen-bond acceptors (Lipinski definition) is 4. The zero-order valence-corrected chi connectivity index (χ0v) is 13.8. The number of esters is 1. The maximum absolute atomic E-state index is 11.7. The van der Waals surface area contributed by atoms with Gasteiger partial charge in [-0.1, -0.05) is 25.5 Å². The van der Waals surface area contributed by atoms with E-state index in [1.807, 2.05) is 24.3 Å². The van der Waals surface area contributed by atoms with Gasteiger partial charge >= 0.3 is 5.97 Å². The molecule has 0 atom stereocenters. The van der Waals surface area contributed by atoms with E-state index in [0.717, 1.165) is 50.0 Å². The Balaban J connectivity index is 1.83. The SMILES string of the molecule is CCCCOC(=O)Cc1ccc(N2CCC(C(N)=O)CC2)cc1. The molecule has 0 aromatic heterocycles. The molecule has 1 fully saturated rings. The summed E-state index contributed by atoms with van der Waals surface area (Å²) in [7, 11) is 0.